The van der Waals surface area contributed by atoms with Crippen LogP contribution in [0.1, 0.15) is 32.7 Å². The van der Waals surface area contributed by atoms with Crippen molar-refractivity contribution in [3.8, 4) is 0 Å². The number of pyridine rings is 1. The van der Waals surface area contributed by atoms with Gasteiger partial charge in [0, 0.05) is 43.8 Å². The van der Waals surface area contributed by atoms with E-state index in [1.54, 1.807) is 0 Å². The topological polar surface area (TPSA) is 83.8 Å². The van der Waals surface area contributed by atoms with Crippen LogP contribution in [0.2, 0.25) is 0 Å². The Balaban J connectivity index is 1.23. The highest BCUT2D eigenvalue weighted by Crippen LogP contribution is 2.36. The highest BCUT2D eigenvalue weighted by atomic mass is 15.2. The molecule has 0 saturated carbocycles. The molecule has 8 heteroatoms. The van der Waals surface area contributed by atoms with E-state index in [0.717, 1.165) is 40.8 Å². The van der Waals surface area contributed by atoms with E-state index in [2.05, 4.69) is 55.0 Å². The maximum Gasteiger partial charge on any atom is 0.228 e. The molecule has 2 aliphatic rings. The fraction of sp³-hybridized carbons (Fsp3) is 0.417. The molecule has 3 aromatic heterocycles. The summed E-state index contributed by atoms with van der Waals surface area (Å²) >= 11 is 0. The van der Waals surface area contributed by atoms with Crippen LogP contribution in [0.25, 0.3) is 21.9 Å². The first-order valence-electron chi connectivity index (χ1n) is 11.4. The van der Waals surface area contributed by atoms with Crippen molar-refractivity contribution in [1.29, 1.82) is 0 Å². The van der Waals surface area contributed by atoms with Crippen molar-refractivity contribution >= 4 is 39.4 Å². The van der Waals surface area contributed by atoms with Gasteiger partial charge in [-0.2, -0.15) is 0 Å². The first-order chi connectivity index (χ1) is 15.6. The minimum Gasteiger partial charge on any atom is -0.370 e. The van der Waals surface area contributed by atoms with Gasteiger partial charge >= 0.3 is 0 Å². The van der Waals surface area contributed by atoms with Crippen molar-refractivity contribution in [3.05, 3.63) is 43.0 Å². The predicted octanol–water partition coefficient (Wildman–Crippen LogP) is 3.89. The summed E-state index contributed by atoms with van der Waals surface area (Å²) in [6, 6.07) is 8.50. The fourth-order valence-electron chi connectivity index (χ4n) is 4.90. The van der Waals surface area contributed by atoms with Gasteiger partial charge in [0.1, 0.15) is 11.3 Å². The lowest BCUT2D eigenvalue weighted by Gasteiger charge is -2.48. The Bertz CT molecular complexity index is 1260. The third-order valence-electron chi connectivity index (χ3n) is 7.02. The second-order valence-electron chi connectivity index (χ2n) is 9.43. The molecule has 0 unspecified atom stereocenters. The fourth-order valence-corrected chi connectivity index (χ4v) is 4.90. The minimum atomic E-state index is 0.302. The molecule has 0 atom stereocenters. The lowest BCUT2D eigenvalue weighted by molar-refractivity contribution is 0.126. The summed E-state index contributed by atoms with van der Waals surface area (Å²) in [7, 11) is 0. The molecule has 0 amide bonds. The van der Waals surface area contributed by atoms with Crippen molar-refractivity contribution in [1.82, 2.24) is 29.8 Å². The Morgan fingerprint density at radius 2 is 1.84 bits per heavy atom. The van der Waals surface area contributed by atoms with Gasteiger partial charge in [0.15, 0.2) is 0 Å². The van der Waals surface area contributed by atoms with Crippen LogP contribution in [0.4, 0.5) is 17.5 Å². The zero-order valence-electron chi connectivity index (χ0n) is 18.5. The monoisotopic (exact) mass is 428 g/mol. The Morgan fingerprint density at radius 1 is 1.00 bits per heavy atom. The Morgan fingerprint density at radius 3 is 2.53 bits per heavy atom. The first kappa shape index (κ1) is 19.4. The standard InChI is InChI=1S/C24H28N8/c1-16(2)32-15-28-19-5-3-17-11-27-23(30-21(17)22(19)32)29-20-6-4-18(12-26-20)31-9-7-24(8-10-31)13-25-14-24/h3-6,11-12,15-16,25H,7-10,13-14H2,1-2H3,(H,26,27,29,30). The molecule has 164 valence electrons. The first-order valence-corrected chi connectivity index (χ1v) is 11.4. The third kappa shape index (κ3) is 3.26. The summed E-state index contributed by atoms with van der Waals surface area (Å²) in [5.41, 5.74) is 4.61. The molecule has 2 N–H and O–H groups in total. The van der Waals surface area contributed by atoms with Crippen molar-refractivity contribution < 1.29 is 0 Å². The zero-order chi connectivity index (χ0) is 21.7. The van der Waals surface area contributed by atoms with Crippen LogP contribution in [0.3, 0.4) is 0 Å². The van der Waals surface area contributed by atoms with E-state index in [-0.39, 0.29) is 0 Å². The lowest BCUT2D eigenvalue weighted by atomic mass is 9.73. The molecule has 4 aromatic rings. The normalized spacial score (nSPS) is 17.9. The van der Waals surface area contributed by atoms with Crippen LogP contribution in [-0.4, -0.2) is 50.7 Å². The minimum absolute atomic E-state index is 0.302. The molecule has 2 saturated heterocycles. The Hall–Kier alpha value is -3.26. The molecule has 8 nitrogen and oxygen atoms in total. The highest BCUT2D eigenvalue weighted by molar-refractivity contribution is 6.02. The van der Waals surface area contributed by atoms with E-state index in [4.69, 9.17) is 4.98 Å². The van der Waals surface area contributed by atoms with Gasteiger partial charge in [0.2, 0.25) is 5.95 Å². The van der Waals surface area contributed by atoms with Gasteiger partial charge in [0.05, 0.1) is 29.2 Å². The summed E-state index contributed by atoms with van der Waals surface area (Å²) < 4.78 is 2.16. The van der Waals surface area contributed by atoms with Gasteiger partial charge in [0.25, 0.3) is 0 Å². The second-order valence-corrected chi connectivity index (χ2v) is 9.43. The van der Waals surface area contributed by atoms with Crippen molar-refractivity contribution in [2.75, 3.05) is 36.4 Å². The number of hydrogen-bond acceptors (Lipinski definition) is 7. The second kappa shape index (κ2) is 7.41. The van der Waals surface area contributed by atoms with Crippen molar-refractivity contribution in [2.45, 2.75) is 32.7 Å². The number of piperidine rings is 1. The van der Waals surface area contributed by atoms with E-state index < -0.39 is 0 Å². The predicted molar refractivity (Wildman–Crippen MR) is 127 cm³/mol. The Labute approximate surface area is 187 Å². The Kier molecular flexibility index (Phi) is 4.50. The number of nitrogens with one attached hydrogen (secondary N) is 2. The average molecular weight is 429 g/mol. The average Bonchev–Trinajstić information content (AvgIpc) is 3.24. The van der Waals surface area contributed by atoms with Crippen LogP contribution in [0.5, 0.6) is 0 Å². The molecule has 32 heavy (non-hydrogen) atoms. The van der Waals surface area contributed by atoms with Crippen LogP contribution >= 0.6 is 0 Å². The molecule has 2 fully saturated rings. The lowest BCUT2D eigenvalue weighted by Crippen LogP contribution is -2.58. The molecular weight excluding hydrogens is 400 g/mol. The smallest absolute Gasteiger partial charge is 0.228 e. The van der Waals surface area contributed by atoms with Gasteiger partial charge < -0.3 is 20.1 Å². The van der Waals surface area contributed by atoms with Gasteiger partial charge in [-0.3, -0.25) is 0 Å². The van der Waals surface area contributed by atoms with Crippen molar-refractivity contribution in [2.24, 2.45) is 5.41 Å². The molecule has 0 bridgehead atoms. The van der Waals surface area contributed by atoms with E-state index in [1.807, 2.05) is 36.9 Å². The number of imidazole rings is 1. The van der Waals surface area contributed by atoms with Crippen LogP contribution in [0, 0.1) is 5.41 Å². The number of hydrogen-bond donors (Lipinski definition) is 2. The molecule has 6 rings (SSSR count). The summed E-state index contributed by atoms with van der Waals surface area (Å²) in [5, 5.41) is 7.70. The molecule has 0 aliphatic carbocycles. The number of anilines is 3. The van der Waals surface area contributed by atoms with Gasteiger partial charge in [-0.1, -0.05) is 0 Å². The van der Waals surface area contributed by atoms with Gasteiger partial charge in [-0.05, 0) is 56.4 Å². The quantitative estimate of drug-likeness (QED) is 0.510. The summed E-state index contributed by atoms with van der Waals surface area (Å²) in [6.45, 7) is 8.86. The number of nitrogens with zero attached hydrogens (tertiary/aromatic N) is 6. The van der Waals surface area contributed by atoms with E-state index in [1.165, 1.54) is 31.6 Å². The SMILES string of the molecule is CC(C)n1cnc2ccc3cnc(Nc4ccc(N5CCC6(CC5)CNC6)cn4)nc3c21. The van der Waals surface area contributed by atoms with E-state index in [9.17, 15) is 0 Å². The van der Waals surface area contributed by atoms with Crippen LogP contribution < -0.4 is 15.5 Å². The molecule has 1 spiro atoms. The summed E-state index contributed by atoms with van der Waals surface area (Å²) in [6.07, 6.45) is 8.20. The zero-order valence-corrected chi connectivity index (χ0v) is 18.5. The van der Waals surface area contributed by atoms with Gasteiger partial charge in [-0.15, -0.1) is 0 Å². The number of fused-ring (bicyclic) bond motifs is 3. The number of aromatic nitrogens is 5. The van der Waals surface area contributed by atoms with E-state index >= 15 is 0 Å². The third-order valence-corrected chi connectivity index (χ3v) is 7.02. The van der Waals surface area contributed by atoms with Crippen LogP contribution in [0.15, 0.2) is 43.0 Å². The number of benzene rings is 1. The molecular formula is C24H28N8. The van der Waals surface area contributed by atoms with E-state index in [0.29, 0.717) is 17.4 Å². The largest absolute Gasteiger partial charge is 0.370 e. The maximum absolute atomic E-state index is 4.82. The summed E-state index contributed by atoms with van der Waals surface area (Å²) in [5.74, 6) is 1.29. The van der Waals surface area contributed by atoms with Crippen molar-refractivity contribution in [3.63, 3.8) is 0 Å². The number of rotatable bonds is 4. The molecule has 5 heterocycles. The molecule has 0 radical (unpaired) electrons. The molecule has 1 aromatic carbocycles. The highest BCUT2D eigenvalue weighted by Gasteiger charge is 2.39. The summed E-state index contributed by atoms with van der Waals surface area (Å²) in [4.78, 5) is 20.9. The molecule has 2 aliphatic heterocycles. The van der Waals surface area contributed by atoms with Gasteiger partial charge in [-0.25, -0.2) is 19.9 Å². The van der Waals surface area contributed by atoms with Crippen LogP contribution in [-0.2, 0) is 0 Å². The maximum atomic E-state index is 4.82.